The van der Waals surface area contributed by atoms with E-state index in [0.717, 1.165) is 19.3 Å². The fourth-order valence-electron chi connectivity index (χ4n) is 2.01. The van der Waals surface area contributed by atoms with Gasteiger partial charge in [-0.2, -0.15) is 8.42 Å². The van der Waals surface area contributed by atoms with Gasteiger partial charge in [0.1, 0.15) is 0 Å². The topological polar surface area (TPSA) is 69.4 Å². The van der Waals surface area contributed by atoms with E-state index in [0.29, 0.717) is 11.8 Å². The Labute approximate surface area is 79.7 Å². The van der Waals surface area contributed by atoms with Gasteiger partial charge in [0.15, 0.2) is 0 Å². The summed E-state index contributed by atoms with van der Waals surface area (Å²) < 4.78 is 26.2. The van der Waals surface area contributed by atoms with Crippen LogP contribution in [0.15, 0.2) is 0 Å². The van der Waals surface area contributed by atoms with Gasteiger partial charge in [0, 0.05) is 0 Å². The van der Waals surface area contributed by atoms with Crippen LogP contribution in [0.25, 0.3) is 0 Å². The molecule has 0 saturated heterocycles. The second kappa shape index (κ2) is 3.94. The quantitative estimate of drug-likeness (QED) is 0.751. The van der Waals surface area contributed by atoms with E-state index in [1.165, 1.54) is 0 Å². The lowest BCUT2D eigenvalue weighted by Gasteiger charge is -2.21. The van der Waals surface area contributed by atoms with Crippen molar-refractivity contribution in [1.29, 1.82) is 0 Å². The van der Waals surface area contributed by atoms with Crippen molar-refractivity contribution in [3.05, 3.63) is 0 Å². The van der Waals surface area contributed by atoms with Crippen LogP contribution < -0.4 is 5.14 Å². The summed E-state index contributed by atoms with van der Waals surface area (Å²) in [5, 5.41) is 4.83. The van der Waals surface area contributed by atoms with E-state index in [1.807, 2.05) is 0 Å². The smallest absolute Gasteiger partial charge is 0.255 e. The normalized spacial score (nSPS) is 29.8. The zero-order valence-corrected chi connectivity index (χ0v) is 8.88. The van der Waals surface area contributed by atoms with Crippen LogP contribution in [0.3, 0.4) is 0 Å². The standard InChI is InChI=1S/C8H17NO3S/c1-6(2)7-4-3-5-8(7)12-13(9,10)11/h6-8H,3-5H2,1-2H3,(H2,9,10,11). The maximum Gasteiger partial charge on any atom is 0.333 e. The predicted molar refractivity (Wildman–Crippen MR) is 50.2 cm³/mol. The molecule has 0 radical (unpaired) electrons. The molecule has 1 rings (SSSR count). The summed E-state index contributed by atoms with van der Waals surface area (Å²) in [6, 6.07) is 0. The van der Waals surface area contributed by atoms with Gasteiger partial charge in [-0.25, -0.2) is 5.14 Å². The first kappa shape index (κ1) is 10.9. The van der Waals surface area contributed by atoms with Gasteiger partial charge in [-0.3, -0.25) is 4.18 Å². The Bertz CT molecular complexity index is 261. The van der Waals surface area contributed by atoms with Crippen molar-refractivity contribution < 1.29 is 12.6 Å². The second-order valence-electron chi connectivity index (χ2n) is 3.97. The Balaban J connectivity index is 2.59. The molecule has 13 heavy (non-hydrogen) atoms. The third kappa shape index (κ3) is 3.25. The van der Waals surface area contributed by atoms with Crippen LogP contribution in [-0.2, 0) is 14.5 Å². The molecule has 0 heterocycles. The Morgan fingerprint density at radius 1 is 1.38 bits per heavy atom. The number of hydrogen-bond donors (Lipinski definition) is 1. The highest BCUT2D eigenvalue weighted by atomic mass is 32.2. The van der Waals surface area contributed by atoms with Crippen LogP contribution in [-0.4, -0.2) is 14.5 Å². The molecule has 78 valence electrons. The molecule has 0 aromatic heterocycles. The second-order valence-corrected chi connectivity index (χ2v) is 5.14. The van der Waals surface area contributed by atoms with Gasteiger partial charge in [0.05, 0.1) is 6.10 Å². The average molecular weight is 207 g/mol. The molecule has 0 aliphatic heterocycles. The largest absolute Gasteiger partial charge is 0.333 e. The third-order valence-corrected chi connectivity index (χ3v) is 3.13. The molecule has 0 bridgehead atoms. The summed E-state index contributed by atoms with van der Waals surface area (Å²) >= 11 is 0. The van der Waals surface area contributed by atoms with Gasteiger partial charge < -0.3 is 0 Å². The summed E-state index contributed by atoms with van der Waals surface area (Å²) in [7, 11) is -3.77. The molecule has 1 saturated carbocycles. The number of hydrogen-bond acceptors (Lipinski definition) is 3. The minimum Gasteiger partial charge on any atom is -0.255 e. The highest BCUT2D eigenvalue weighted by Crippen LogP contribution is 2.34. The molecule has 0 aromatic carbocycles. The molecule has 5 heteroatoms. The monoisotopic (exact) mass is 207 g/mol. The van der Waals surface area contributed by atoms with Crippen LogP contribution >= 0.6 is 0 Å². The van der Waals surface area contributed by atoms with E-state index < -0.39 is 10.3 Å². The van der Waals surface area contributed by atoms with E-state index in [2.05, 4.69) is 13.8 Å². The average Bonchev–Trinajstić information content (AvgIpc) is 2.31. The lowest BCUT2D eigenvalue weighted by Crippen LogP contribution is -2.29. The molecule has 0 amide bonds. The van der Waals surface area contributed by atoms with Crippen molar-refractivity contribution in [2.45, 2.75) is 39.2 Å². The summed E-state index contributed by atoms with van der Waals surface area (Å²) in [5.41, 5.74) is 0. The molecule has 0 aromatic rings. The zero-order valence-electron chi connectivity index (χ0n) is 8.06. The van der Waals surface area contributed by atoms with Crippen molar-refractivity contribution in [3.8, 4) is 0 Å². The Hall–Kier alpha value is -0.130. The van der Waals surface area contributed by atoms with Crippen LogP contribution in [0.1, 0.15) is 33.1 Å². The minimum atomic E-state index is -3.77. The first-order chi connectivity index (χ1) is 5.90. The lowest BCUT2D eigenvalue weighted by molar-refractivity contribution is 0.138. The SMILES string of the molecule is CC(C)C1CCCC1OS(N)(=O)=O. The van der Waals surface area contributed by atoms with Crippen molar-refractivity contribution >= 4 is 10.3 Å². The highest BCUT2D eigenvalue weighted by Gasteiger charge is 2.32. The van der Waals surface area contributed by atoms with Crippen molar-refractivity contribution in [3.63, 3.8) is 0 Å². The maximum atomic E-state index is 10.7. The highest BCUT2D eigenvalue weighted by molar-refractivity contribution is 7.84. The first-order valence-corrected chi connectivity index (χ1v) is 6.08. The molecule has 2 unspecified atom stereocenters. The van der Waals surface area contributed by atoms with Gasteiger partial charge in [0.2, 0.25) is 0 Å². The van der Waals surface area contributed by atoms with Gasteiger partial charge in [0.25, 0.3) is 0 Å². The minimum absolute atomic E-state index is 0.199. The van der Waals surface area contributed by atoms with E-state index in [-0.39, 0.29) is 6.10 Å². The summed E-state index contributed by atoms with van der Waals surface area (Å²) in [4.78, 5) is 0. The predicted octanol–water partition coefficient (Wildman–Crippen LogP) is 1.03. The van der Waals surface area contributed by atoms with Gasteiger partial charge in [-0.1, -0.05) is 20.3 Å². The fraction of sp³-hybridized carbons (Fsp3) is 1.00. The molecule has 1 aliphatic rings. The third-order valence-electron chi connectivity index (χ3n) is 2.62. The van der Waals surface area contributed by atoms with Gasteiger partial charge in [-0.05, 0) is 24.7 Å². The summed E-state index contributed by atoms with van der Waals surface area (Å²) in [6.45, 7) is 4.16. The van der Waals surface area contributed by atoms with Crippen molar-refractivity contribution in [2.24, 2.45) is 17.0 Å². The Morgan fingerprint density at radius 3 is 2.46 bits per heavy atom. The maximum absolute atomic E-state index is 10.7. The summed E-state index contributed by atoms with van der Waals surface area (Å²) in [5.74, 6) is 0.785. The van der Waals surface area contributed by atoms with Crippen LogP contribution in [0.5, 0.6) is 0 Å². The molecular formula is C8H17NO3S. The molecular weight excluding hydrogens is 190 g/mol. The van der Waals surface area contributed by atoms with Gasteiger partial charge >= 0.3 is 10.3 Å². The Kier molecular flexibility index (Phi) is 3.32. The number of rotatable bonds is 3. The van der Waals surface area contributed by atoms with E-state index in [9.17, 15) is 8.42 Å². The van der Waals surface area contributed by atoms with Gasteiger partial charge in [-0.15, -0.1) is 0 Å². The van der Waals surface area contributed by atoms with Crippen LogP contribution in [0.2, 0.25) is 0 Å². The molecule has 1 aliphatic carbocycles. The molecule has 0 spiro atoms. The first-order valence-electron chi connectivity index (χ1n) is 4.61. The number of nitrogens with two attached hydrogens (primary N) is 1. The van der Waals surface area contributed by atoms with E-state index in [4.69, 9.17) is 9.32 Å². The molecule has 4 nitrogen and oxygen atoms in total. The fourth-order valence-corrected chi connectivity index (χ4v) is 2.59. The molecule has 2 atom stereocenters. The van der Waals surface area contributed by atoms with E-state index in [1.54, 1.807) is 0 Å². The van der Waals surface area contributed by atoms with E-state index >= 15 is 0 Å². The van der Waals surface area contributed by atoms with Crippen LogP contribution in [0.4, 0.5) is 0 Å². The lowest BCUT2D eigenvalue weighted by atomic mass is 9.93. The molecule has 2 N–H and O–H groups in total. The Morgan fingerprint density at radius 2 is 2.00 bits per heavy atom. The molecule has 1 fully saturated rings. The van der Waals surface area contributed by atoms with Crippen molar-refractivity contribution in [1.82, 2.24) is 0 Å². The summed E-state index contributed by atoms with van der Waals surface area (Å²) in [6.07, 6.45) is 2.68. The zero-order chi connectivity index (χ0) is 10.1. The van der Waals surface area contributed by atoms with Crippen molar-refractivity contribution in [2.75, 3.05) is 0 Å². The van der Waals surface area contributed by atoms with Crippen LogP contribution in [0, 0.1) is 11.8 Å².